The maximum absolute atomic E-state index is 11.8. The molecule has 0 aliphatic rings. The zero-order chi connectivity index (χ0) is 11.6. The van der Waals surface area contributed by atoms with E-state index in [1.807, 2.05) is 19.6 Å². The van der Waals surface area contributed by atoms with Gasteiger partial charge in [0, 0.05) is 6.08 Å². The maximum atomic E-state index is 11.8. The van der Waals surface area contributed by atoms with Gasteiger partial charge in [-0.2, -0.15) is 13.2 Å². The third kappa shape index (κ3) is 5.79. The number of hydrogen-bond donors (Lipinski definition) is 0. The SMILES string of the molecule is C/C(=C/C(=O)C(F)(F)F)O[Si](C)(C)C. The van der Waals surface area contributed by atoms with Crippen LogP contribution in [0.15, 0.2) is 11.8 Å². The van der Waals surface area contributed by atoms with Crippen LogP contribution in [-0.2, 0) is 9.22 Å². The second-order valence-corrected chi connectivity index (χ2v) is 8.26. The average Bonchev–Trinajstić information content (AvgIpc) is 1.79. The molecule has 0 aliphatic heterocycles. The van der Waals surface area contributed by atoms with E-state index >= 15 is 0 Å². The molecular weight excluding hydrogens is 213 g/mol. The number of carbonyl (C=O) groups excluding carboxylic acids is 1. The third-order valence-corrected chi connectivity index (χ3v) is 2.02. The van der Waals surface area contributed by atoms with Crippen molar-refractivity contribution in [3.05, 3.63) is 11.8 Å². The van der Waals surface area contributed by atoms with Crippen molar-refractivity contribution in [1.82, 2.24) is 0 Å². The molecule has 0 saturated carbocycles. The second-order valence-electron chi connectivity index (χ2n) is 3.83. The average molecular weight is 226 g/mol. The van der Waals surface area contributed by atoms with Crippen LogP contribution in [-0.4, -0.2) is 20.3 Å². The van der Waals surface area contributed by atoms with Gasteiger partial charge in [-0.3, -0.25) is 4.79 Å². The lowest BCUT2D eigenvalue weighted by Crippen LogP contribution is -2.26. The summed E-state index contributed by atoms with van der Waals surface area (Å²) in [5.41, 5.74) is 0. The van der Waals surface area contributed by atoms with Gasteiger partial charge in [-0.1, -0.05) is 0 Å². The highest BCUT2D eigenvalue weighted by Crippen LogP contribution is 2.18. The van der Waals surface area contributed by atoms with Crippen LogP contribution in [0.1, 0.15) is 6.92 Å². The van der Waals surface area contributed by atoms with Crippen molar-refractivity contribution in [1.29, 1.82) is 0 Å². The molecule has 0 saturated heterocycles. The van der Waals surface area contributed by atoms with Crippen LogP contribution in [0.3, 0.4) is 0 Å². The monoisotopic (exact) mass is 226 g/mol. The van der Waals surface area contributed by atoms with Gasteiger partial charge in [0.25, 0.3) is 5.78 Å². The zero-order valence-corrected chi connectivity index (χ0v) is 9.53. The summed E-state index contributed by atoms with van der Waals surface area (Å²) >= 11 is 0. The van der Waals surface area contributed by atoms with E-state index in [0.29, 0.717) is 6.08 Å². The molecule has 0 fully saturated rings. The molecule has 82 valence electrons. The van der Waals surface area contributed by atoms with E-state index in [2.05, 4.69) is 0 Å². The first-order valence-corrected chi connectivity index (χ1v) is 7.41. The van der Waals surface area contributed by atoms with Gasteiger partial charge in [-0.25, -0.2) is 0 Å². The van der Waals surface area contributed by atoms with Crippen LogP contribution < -0.4 is 0 Å². The minimum Gasteiger partial charge on any atom is -0.547 e. The highest BCUT2D eigenvalue weighted by atomic mass is 28.4. The topological polar surface area (TPSA) is 26.3 Å². The van der Waals surface area contributed by atoms with Crippen LogP contribution in [0, 0.1) is 0 Å². The molecule has 0 radical (unpaired) electrons. The first-order valence-electron chi connectivity index (χ1n) is 4.01. The molecular formula is C8H13F3O2Si. The minimum atomic E-state index is -4.82. The number of carbonyl (C=O) groups is 1. The number of allylic oxidation sites excluding steroid dienone is 2. The van der Waals surface area contributed by atoms with Gasteiger partial charge < -0.3 is 4.43 Å². The molecule has 0 bridgehead atoms. The number of hydrogen-bond acceptors (Lipinski definition) is 2. The highest BCUT2D eigenvalue weighted by Gasteiger charge is 2.36. The Morgan fingerprint density at radius 1 is 1.29 bits per heavy atom. The van der Waals surface area contributed by atoms with E-state index in [0.717, 1.165) is 0 Å². The van der Waals surface area contributed by atoms with E-state index in [1.54, 1.807) is 0 Å². The van der Waals surface area contributed by atoms with Gasteiger partial charge in [-0.15, -0.1) is 0 Å². The van der Waals surface area contributed by atoms with Crippen LogP contribution in [0.4, 0.5) is 13.2 Å². The summed E-state index contributed by atoms with van der Waals surface area (Å²) in [4.78, 5) is 10.5. The molecule has 14 heavy (non-hydrogen) atoms. The summed E-state index contributed by atoms with van der Waals surface area (Å²) in [5, 5.41) is 0. The third-order valence-electron chi connectivity index (χ3n) is 1.08. The number of alkyl halides is 3. The summed E-state index contributed by atoms with van der Waals surface area (Å²) in [5.74, 6) is -1.86. The van der Waals surface area contributed by atoms with E-state index in [-0.39, 0.29) is 5.76 Å². The molecule has 0 atom stereocenters. The van der Waals surface area contributed by atoms with Crippen LogP contribution in [0.25, 0.3) is 0 Å². The predicted molar refractivity (Wildman–Crippen MR) is 49.3 cm³/mol. The number of ketones is 1. The summed E-state index contributed by atoms with van der Waals surface area (Å²) < 4.78 is 40.6. The van der Waals surface area contributed by atoms with Gasteiger partial charge >= 0.3 is 6.18 Å². The second kappa shape index (κ2) is 4.16. The Balaban J connectivity index is 4.47. The maximum Gasteiger partial charge on any atom is 0.454 e. The van der Waals surface area contributed by atoms with Crippen molar-refractivity contribution in [2.45, 2.75) is 32.7 Å². The lowest BCUT2D eigenvalue weighted by atomic mass is 10.3. The Bertz CT molecular complexity index is 250. The predicted octanol–water partition coefficient (Wildman–Crippen LogP) is 2.87. The molecule has 0 N–H and O–H groups in total. The van der Waals surface area contributed by atoms with Crippen LogP contribution >= 0.6 is 0 Å². The van der Waals surface area contributed by atoms with E-state index in [1.165, 1.54) is 6.92 Å². The van der Waals surface area contributed by atoms with Crippen LogP contribution in [0.5, 0.6) is 0 Å². The van der Waals surface area contributed by atoms with Gasteiger partial charge in [0.1, 0.15) is 0 Å². The van der Waals surface area contributed by atoms with Gasteiger partial charge in [0.05, 0.1) is 5.76 Å². The lowest BCUT2D eigenvalue weighted by molar-refractivity contribution is -0.165. The minimum absolute atomic E-state index is 0.0199. The summed E-state index contributed by atoms with van der Waals surface area (Å²) in [6, 6.07) is 0. The van der Waals surface area contributed by atoms with E-state index in [4.69, 9.17) is 4.43 Å². The quantitative estimate of drug-likeness (QED) is 0.420. The Hall–Kier alpha value is -0.783. The normalized spacial score (nSPS) is 14.1. The summed E-state index contributed by atoms with van der Waals surface area (Å²) in [7, 11) is -1.93. The molecule has 0 spiro atoms. The number of rotatable bonds is 3. The summed E-state index contributed by atoms with van der Waals surface area (Å²) in [6.45, 7) is 6.81. The molecule has 0 aromatic rings. The van der Waals surface area contributed by atoms with Gasteiger partial charge in [0.2, 0.25) is 8.32 Å². The van der Waals surface area contributed by atoms with Crippen molar-refractivity contribution in [2.75, 3.05) is 0 Å². The fourth-order valence-corrected chi connectivity index (χ4v) is 1.80. The van der Waals surface area contributed by atoms with Crippen molar-refractivity contribution >= 4 is 14.1 Å². The number of halogens is 3. The molecule has 0 heterocycles. The standard InChI is InChI=1S/C8H13F3O2Si/c1-6(13-14(2,3)4)5-7(12)8(9,10)11/h5H,1-4H3/b6-5-. The molecule has 0 aromatic carbocycles. The lowest BCUT2D eigenvalue weighted by Gasteiger charge is -2.19. The van der Waals surface area contributed by atoms with Crippen molar-refractivity contribution in [3.63, 3.8) is 0 Å². The van der Waals surface area contributed by atoms with Crippen molar-refractivity contribution in [3.8, 4) is 0 Å². The van der Waals surface area contributed by atoms with Crippen molar-refractivity contribution in [2.24, 2.45) is 0 Å². The fourth-order valence-electron chi connectivity index (χ4n) is 0.779. The molecule has 0 aromatic heterocycles. The Kier molecular flexibility index (Phi) is 3.93. The van der Waals surface area contributed by atoms with Gasteiger partial charge in [0.15, 0.2) is 0 Å². The van der Waals surface area contributed by atoms with E-state index < -0.39 is 20.3 Å². The summed E-state index contributed by atoms with van der Waals surface area (Å²) in [6.07, 6.45) is -4.33. The van der Waals surface area contributed by atoms with Gasteiger partial charge in [-0.05, 0) is 26.6 Å². The molecule has 0 rings (SSSR count). The first-order chi connectivity index (χ1) is 6.02. The largest absolute Gasteiger partial charge is 0.547 e. The van der Waals surface area contributed by atoms with E-state index in [9.17, 15) is 18.0 Å². The molecule has 0 unspecified atom stereocenters. The molecule has 6 heteroatoms. The first kappa shape index (κ1) is 13.2. The smallest absolute Gasteiger partial charge is 0.454 e. The van der Waals surface area contributed by atoms with Crippen molar-refractivity contribution < 1.29 is 22.4 Å². The molecule has 0 aliphatic carbocycles. The Labute approximate surface area is 81.9 Å². The fraction of sp³-hybridized carbons (Fsp3) is 0.625. The molecule has 2 nitrogen and oxygen atoms in total. The molecule has 0 amide bonds. The zero-order valence-electron chi connectivity index (χ0n) is 8.53. The van der Waals surface area contributed by atoms with Crippen LogP contribution in [0.2, 0.25) is 19.6 Å². The Morgan fingerprint density at radius 3 is 2.00 bits per heavy atom. The Morgan fingerprint density at radius 2 is 1.71 bits per heavy atom. The highest BCUT2D eigenvalue weighted by molar-refractivity contribution is 6.70.